The summed E-state index contributed by atoms with van der Waals surface area (Å²) in [4.78, 5) is 8.34. The van der Waals surface area contributed by atoms with E-state index in [0.717, 1.165) is 17.6 Å². The third-order valence-electron chi connectivity index (χ3n) is 2.91. The highest BCUT2D eigenvalue weighted by Crippen LogP contribution is 2.21. The van der Waals surface area contributed by atoms with Gasteiger partial charge >= 0.3 is 0 Å². The Kier molecular flexibility index (Phi) is 4.60. The molecule has 1 aliphatic rings. The summed E-state index contributed by atoms with van der Waals surface area (Å²) in [7, 11) is 0. The first kappa shape index (κ1) is 11.9. The van der Waals surface area contributed by atoms with Crippen molar-refractivity contribution in [1.29, 1.82) is 0 Å². The summed E-state index contributed by atoms with van der Waals surface area (Å²) < 4.78 is 0. The van der Waals surface area contributed by atoms with Gasteiger partial charge in [-0.1, -0.05) is 19.8 Å². The Hall–Kier alpha value is -0.610. The van der Waals surface area contributed by atoms with E-state index in [9.17, 15) is 0 Å². The summed E-state index contributed by atoms with van der Waals surface area (Å²) in [5, 5.41) is 5.20. The molecule has 0 aliphatic heterocycles. The lowest BCUT2D eigenvalue weighted by Crippen LogP contribution is -2.31. The minimum Gasteiger partial charge on any atom is -0.313 e. The van der Waals surface area contributed by atoms with Crippen molar-refractivity contribution in [1.82, 2.24) is 15.3 Å². The molecule has 1 aromatic rings. The third-order valence-corrected chi connectivity index (χ3v) is 3.93. The lowest BCUT2D eigenvalue weighted by Gasteiger charge is -2.15. The average molecular weight is 237 g/mol. The number of hydrogen-bond donors (Lipinski definition) is 1. The van der Waals surface area contributed by atoms with Crippen molar-refractivity contribution in [3.63, 3.8) is 0 Å². The molecular formula is C12H19N3S. The number of nitrogens with zero attached hydrogens (tertiary/aromatic N) is 2. The zero-order chi connectivity index (χ0) is 11.2. The molecule has 1 aliphatic carbocycles. The highest BCUT2D eigenvalue weighted by molar-refractivity contribution is 7.99. The minimum atomic E-state index is 0.553. The van der Waals surface area contributed by atoms with Gasteiger partial charge in [-0.2, -0.15) is 0 Å². The number of aromatic nitrogens is 2. The molecule has 1 saturated carbocycles. The molecule has 88 valence electrons. The van der Waals surface area contributed by atoms with E-state index in [1.807, 2.05) is 6.20 Å². The van der Waals surface area contributed by atoms with Crippen molar-refractivity contribution < 1.29 is 0 Å². The van der Waals surface area contributed by atoms with Crippen molar-refractivity contribution in [2.45, 2.75) is 48.9 Å². The molecule has 1 atom stereocenters. The van der Waals surface area contributed by atoms with Crippen LogP contribution < -0.4 is 5.32 Å². The van der Waals surface area contributed by atoms with Gasteiger partial charge in [0.15, 0.2) is 0 Å². The average Bonchev–Trinajstić information content (AvgIpc) is 2.81. The van der Waals surface area contributed by atoms with Gasteiger partial charge in [0.2, 0.25) is 0 Å². The van der Waals surface area contributed by atoms with Crippen LogP contribution in [-0.4, -0.2) is 27.8 Å². The molecule has 1 aromatic heterocycles. The fraction of sp³-hybridized carbons (Fsp3) is 0.667. The Morgan fingerprint density at radius 2 is 2.25 bits per heavy atom. The minimum absolute atomic E-state index is 0.553. The third kappa shape index (κ3) is 3.76. The molecule has 1 unspecified atom stereocenters. The Balaban J connectivity index is 1.69. The second-order valence-corrected chi connectivity index (χ2v) is 5.82. The highest BCUT2D eigenvalue weighted by Gasteiger charge is 2.15. The molecule has 4 heteroatoms. The van der Waals surface area contributed by atoms with Gasteiger partial charge in [0.1, 0.15) is 5.03 Å². The normalized spacial score (nSPS) is 18.8. The monoisotopic (exact) mass is 237 g/mol. The summed E-state index contributed by atoms with van der Waals surface area (Å²) >= 11 is 1.79. The van der Waals surface area contributed by atoms with Crippen molar-refractivity contribution in [2.24, 2.45) is 0 Å². The van der Waals surface area contributed by atoms with Crippen molar-refractivity contribution in [3.05, 3.63) is 18.6 Å². The van der Waals surface area contributed by atoms with Gasteiger partial charge in [0, 0.05) is 30.2 Å². The van der Waals surface area contributed by atoms with Crippen molar-refractivity contribution >= 4 is 11.8 Å². The van der Waals surface area contributed by atoms with Crippen LogP contribution in [-0.2, 0) is 0 Å². The van der Waals surface area contributed by atoms with Crippen LogP contribution in [0.4, 0.5) is 0 Å². The predicted octanol–water partition coefficient (Wildman–Crippen LogP) is 2.49. The van der Waals surface area contributed by atoms with Gasteiger partial charge in [0.25, 0.3) is 0 Å². The van der Waals surface area contributed by atoms with Crippen LogP contribution in [0.3, 0.4) is 0 Å². The van der Waals surface area contributed by atoms with Crippen LogP contribution in [0.1, 0.15) is 32.6 Å². The van der Waals surface area contributed by atoms with Crippen LogP contribution in [0.15, 0.2) is 23.6 Å². The van der Waals surface area contributed by atoms with Crippen LogP contribution in [0, 0.1) is 0 Å². The van der Waals surface area contributed by atoms with Gasteiger partial charge < -0.3 is 5.32 Å². The molecule has 2 rings (SSSR count). The van der Waals surface area contributed by atoms with Crippen LogP contribution in [0.5, 0.6) is 0 Å². The SMILES string of the molecule is CC(CNC1CCCC1)Sc1cnccn1. The van der Waals surface area contributed by atoms with E-state index in [1.165, 1.54) is 25.7 Å². The quantitative estimate of drug-likeness (QED) is 0.798. The van der Waals surface area contributed by atoms with E-state index in [-0.39, 0.29) is 0 Å². The van der Waals surface area contributed by atoms with Gasteiger partial charge in [-0.3, -0.25) is 4.98 Å². The first-order chi connectivity index (χ1) is 7.84. The molecule has 1 fully saturated rings. The van der Waals surface area contributed by atoms with E-state index < -0.39 is 0 Å². The van der Waals surface area contributed by atoms with E-state index >= 15 is 0 Å². The van der Waals surface area contributed by atoms with Crippen LogP contribution >= 0.6 is 11.8 Å². The molecule has 16 heavy (non-hydrogen) atoms. The molecule has 3 nitrogen and oxygen atoms in total. The zero-order valence-electron chi connectivity index (χ0n) is 9.72. The molecule has 1 heterocycles. The number of hydrogen-bond acceptors (Lipinski definition) is 4. The van der Waals surface area contributed by atoms with Crippen molar-refractivity contribution in [2.75, 3.05) is 6.54 Å². The van der Waals surface area contributed by atoms with Gasteiger partial charge in [-0.25, -0.2) is 4.98 Å². The number of rotatable bonds is 5. The molecule has 0 spiro atoms. The summed E-state index contributed by atoms with van der Waals surface area (Å²) in [5.41, 5.74) is 0. The van der Waals surface area contributed by atoms with Gasteiger partial charge in [-0.05, 0) is 12.8 Å². The second-order valence-electron chi connectivity index (χ2n) is 4.36. The summed E-state index contributed by atoms with van der Waals surface area (Å²) in [6, 6.07) is 0.755. The summed E-state index contributed by atoms with van der Waals surface area (Å²) in [5.74, 6) is 0. The zero-order valence-corrected chi connectivity index (χ0v) is 10.5. The topological polar surface area (TPSA) is 37.8 Å². The smallest absolute Gasteiger partial charge is 0.115 e. The maximum atomic E-state index is 4.27. The maximum Gasteiger partial charge on any atom is 0.115 e. The van der Waals surface area contributed by atoms with E-state index in [2.05, 4.69) is 22.2 Å². The largest absolute Gasteiger partial charge is 0.313 e. The number of thioether (sulfide) groups is 1. The van der Waals surface area contributed by atoms with Gasteiger partial charge in [-0.15, -0.1) is 11.8 Å². The molecule has 0 radical (unpaired) electrons. The fourth-order valence-corrected chi connectivity index (χ4v) is 2.89. The first-order valence-corrected chi connectivity index (χ1v) is 6.88. The van der Waals surface area contributed by atoms with Gasteiger partial charge in [0.05, 0.1) is 6.20 Å². The Bertz CT molecular complexity index is 298. The highest BCUT2D eigenvalue weighted by atomic mass is 32.2. The fourth-order valence-electron chi connectivity index (χ4n) is 2.06. The predicted molar refractivity (Wildman–Crippen MR) is 67.6 cm³/mol. The second kappa shape index (κ2) is 6.21. The Morgan fingerprint density at radius 3 is 2.94 bits per heavy atom. The maximum absolute atomic E-state index is 4.27. The molecular weight excluding hydrogens is 218 g/mol. The van der Waals surface area contributed by atoms with E-state index in [1.54, 1.807) is 24.2 Å². The molecule has 0 saturated heterocycles. The lowest BCUT2D eigenvalue weighted by molar-refractivity contribution is 0.527. The van der Waals surface area contributed by atoms with Crippen LogP contribution in [0.2, 0.25) is 0 Å². The molecule has 1 N–H and O–H groups in total. The van der Waals surface area contributed by atoms with Crippen molar-refractivity contribution in [3.8, 4) is 0 Å². The Labute approximate surface area is 101 Å². The molecule has 0 aromatic carbocycles. The standard InChI is InChI=1S/C12H19N3S/c1-10(8-15-11-4-2-3-5-11)16-12-9-13-6-7-14-12/h6-7,9-11,15H,2-5,8H2,1H3. The molecule has 0 amide bonds. The Morgan fingerprint density at radius 1 is 1.44 bits per heavy atom. The summed E-state index contributed by atoms with van der Waals surface area (Å²) in [6.45, 7) is 3.30. The number of nitrogens with one attached hydrogen (secondary N) is 1. The first-order valence-electron chi connectivity index (χ1n) is 6.00. The lowest BCUT2D eigenvalue weighted by atomic mass is 10.2. The van der Waals surface area contributed by atoms with E-state index in [0.29, 0.717) is 5.25 Å². The van der Waals surface area contributed by atoms with Crippen LogP contribution in [0.25, 0.3) is 0 Å². The summed E-state index contributed by atoms with van der Waals surface area (Å²) in [6.07, 6.45) is 10.8. The van der Waals surface area contributed by atoms with E-state index in [4.69, 9.17) is 0 Å². The molecule has 0 bridgehead atoms.